The average molecular weight is 280 g/mol. The molecule has 0 aromatic carbocycles. The average Bonchev–Trinajstić information content (AvgIpc) is 2.48. The van der Waals surface area contributed by atoms with E-state index in [4.69, 9.17) is 22.0 Å². The molecule has 6 N–H and O–H groups in total. The Bertz CT molecular complexity index is 342. The molecule has 0 heterocycles. The van der Waals surface area contributed by atoms with Crippen LogP contribution in [0, 0.1) is 5.41 Å². The zero-order chi connectivity index (χ0) is 14.4. The molecule has 2 saturated carbocycles. The summed E-state index contributed by atoms with van der Waals surface area (Å²) in [6, 6.07) is 0.733. The number of aliphatic imine (C=N–C) groups is 1. The molecule has 114 valence electrons. The zero-order valence-corrected chi connectivity index (χ0v) is 12.3. The number of nitrogens with one attached hydrogen (secondary N) is 2. The van der Waals surface area contributed by atoms with Crippen molar-refractivity contribution in [1.82, 2.24) is 10.3 Å². The summed E-state index contributed by atoms with van der Waals surface area (Å²) in [6.07, 6.45) is 12.1. The lowest BCUT2D eigenvalue weighted by molar-refractivity contribution is 0.394. The minimum atomic E-state index is -0.164. The lowest BCUT2D eigenvalue weighted by atomic mass is 9.95. The third-order valence-corrected chi connectivity index (χ3v) is 4.31. The zero-order valence-electron chi connectivity index (χ0n) is 12.3. The highest BCUT2D eigenvalue weighted by Crippen LogP contribution is 2.21. The van der Waals surface area contributed by atoms with Gasteiger partial charge in [-0.15, -0.1) is 0 Å². The molecule has 20 heavy (non-hydrogen) atoms. The van der Waals surface area contributed by atoms with Gasteiger partial charge in [0.05, 0.1) is 6.04 Å². The van der Waals surface area contributed by atoms with Gasteiger partial charge in [-0.3, -0.25) is 5.41 Å². The molecule has 0 amide bonds. The second kappa shape index (κ2) is 7.47. The van der Waals surface area contributed by atoms with Crippen LogP contribution in [-0.2, 0) is 0 Å². The highest BCUT2D eigenvalue weighted by atomic mass is 15.5. The largest absolute Gasteiger partial charge is 0.369 e. The van der Waals surface area contributed by atoms with Gasteiger partial charge in [0.25, 0.3) is 0 Å². The Morgan fingerprint density at radius 2 is 1.55 bits per heavy atom. The molecule has 2 rings (SSSR count). The quantitative estimate of drug-likeness (QED) is 0.267. The number of hydrazine groups is 1. The maximum Gasteiger partial charge on any atom is 0.216 e. The number of nitrogens with zero attached hydrogens (tertiary/aromatic N) is 2. The van der Waals surface area contributed by atoms with Crippen LogP contribution in [0.1, 0.15) is 64.2 Å². The molecule has 2 aliphatic carbocycles. The van der Waals surface area contributed by atoms with Gasteiger partial charge in [-0.05, 0) is 25.7 Å². The van der Waals surface area contributed by atoms with Gasteiger partial charge < -0.3 is 11.1 Å². The van der Waals surface area contributed by atoms with Gasteiger partial charge in [0.15, 0.2) is 0 Å². The molecule has 0 bridgehead atoms. The first kappa shape index (κ1) is 15.1. The Kier molecular flexibility index (Phi) is 5.64. The Hall–Kier alpha value is -1.30. The smallest absolute Gasteiger partial charge is 0.216 e. The maximum absolute atomic E-state index is 7.52. The standard InChI is InChI=1S/C14H28N6/c15-13(16)20(17)14(18-11-7-3-1-4-8-11)19-12-9-5-2-6-10-12/h11-12H,1-10,17H2,(H3,15,16)(H,18,19). The topological polar surface area (TPSA) is 104 Å². The summed E-state index contributed by atoms with van der Waals surface area (Å²) in [4.78, 5) is 4.74. The van der Waals surface area contributed by atoms with Crippen molar-refractivity contribution in [3.8, 4) is 0 Å². The molecule has 6 heteroatoms. The molecule has 2 fully saturated rings. The maximum atomic E-state index is 7.52. The van der Waals surface area contributed by atoms with Crippen LogP contribution in [0.25, 0.3) is 0 Å². The van der Waals surface area contributed by atoms with E-state index in [9.17, 15) is 0 Å². The van der Waals surface area contributed by atoms with Crippen LogP contribution >= 0.6 is 0 Å². The van der Waals surface area contributed by atoms with Gasteiger partial charge >= 0.3 is 0 Å². The molecule has 6 nitrogen and oxygen atoms in total. The first-order valence-corrected chi connectivity index (χ1v) is 7.90. The van der Waals surface area contributed by atoms with Crippen molar-refractivity contribution < 1.29 is 0 Å². The van der Waals surface area contributed by atoms with Crippen LogP contribution in [0.15, 0.2) is 4.99 Å². The molecule has 0 saturated heterocycles. The predicted octanol–water partition coefficient (Wildman–Crippen LogP) is 1.67. The SMILES string of the molecule is N=C(N)N(N)C(=NC1CCCCC1)NC1CCCCC1. The Morgan fingerprint density at radius 3 is 2.10 bits per heavy atom. The van der Waals surface area contributed by atoms with E-state index in [1.807, 2.05) is 0 Å². The highest BCUT2D eigenvalue weighted by molar-refractivity contribution is 5.96. The normalized spacial score (nSPS) is 22.6. The molecule has 2 aliphatic rings. The van der Waals surface area contributed by atoms with Crippen molar-refractivity contribution in [2.24, 2.45) is 16.6 Å². The summed E-state index contributed by atoms with van der Waals surface area (Å²) in [7, 11) is 0. The Labute approximate surface area is 121 Å². The van der Waals surface area contributed by atoms with E-state index in [-0.39, 0.29) is 5.96 Å². The van der Waals surface area contributed by atoms with E-state index in [0.717, 1.165) is 25.7 Å². The van der Waals surface area contributed by atoms with E-state index in [1.54, 1.807) is 0 Å². The summed E-state index contributed by atoms with van der Waals surface area (Å²) < 4.78 is 0. The van der Waals surface area contributed by atoms with Gasteiger partial charge in [0, 0.05) is 6.04 Å². The van der Waals surface area contributed by atoms with E-state index < -0.39 is 0 Å². The lowest BCUT2D eigenvalue weighted by Gasteiger charge is -2.29. The molecule has 0 atom stereocenters. The molecule has 0 spiro atoms. The lowest BCUT2D eigenvalue weighted by Crippen LogP contribution is -2.55. The second-order valence-electron chi connectivity index (χ2n) is 5.98. The first-order chi connectivity index (χ1) is 9.66. The highest BCUT2D eigenvalue weighted by Gasteiger charge is 2.20. The molecule has 0 radical (unpaired) electrons. The molecule has 0 unspecified atom stereocenters. The molecule has 0 aromatic heterocycles. The number of guanidine groups is 2. The van der Waals surface area contributed by atoms with Crippen molar-refractivity contribution >= 4 is 11.9 Å². The number of rotatable bonds is 2. The fraction of sp³-hybridized carbons (Fsp3) is 0.857. The van der Waals surface area contributed by atoms with Crippen molar-refractivity contribution in [3.05, 3.63) is 0 Å². The van der Waals surface area contributed by atoms with Gasteiger partial charge in [0.2, 0.25) is 11.9 Å². The monoisotopic (exact) mass is 280 g/mol. The van der Waals surface area contributed by atoms with Crippen LogP contribution in [0.4, 0.5) is 0 Å². The third kappa shape index (κ3) is 4.37. The van der Waals surface area contributed by atoms with Crippen molar-refractivity contribution in [2.75, 3.05) is 0 Å². The van der Waals surface area contributed by atoms with Crippen LogP contribution in [0.3, 0.4) is 0 Å². The molecule has 0 aromatic rings. The van der Waals surface area contributed by atoms with E-state index in [2.05, 4.69) is 5.32 Å². The minimum Gasteiger partial charge on any atom is -0.369 e. The fourth-order valence-corrected chi connectivity index (χ4v) is 3.10. The van der Waals surface area contributed by atoms with Crippen LogP contribution in [0.2, 0.25) is 0 Å². The number of hydrogen-bond acceptors (Lipinski definition) is 3. The van der Waals surface area contributed by atoms with Gasteiger partial charge in [-0.2, -0.15) is 0 Å². The van der Waals surface area contributed by atoms with E-state index >= 15 is 0 Å². The first-order valence-electron chi connectivity index (χ1n) is 7.90. The van der Waals surface area contributed by atoms with Crippen LogP contribution in [-0.4, -0.2) is 29.0 Å². The molecule has 0 aliphatic heterocycles. The molecular formula is C14H28N6. The third-order valence-electron chi connectivity index (χ3n) is 4.31. The van der Waals surface area contributed by atoms with Crippen molar-refractivity contribution in [3.63, 3.8) is 0 Å². The van der Waals surface area contributed by atoms with Crippen molar-refractivity contribution in [2.45, 2.75) is 76.3 Å². The Balaban J connectivity index is 2.02. The summed E-state index contributed by atoms with van der Waals surface area (Å²) in [5, 5.41) is 12.1. The number of nitrogens with two attached hydrogens (primary N) is 2. The summed E-state index contributed by atoms with van der Waals surface area (Å²) >= 11 is 0. The Morgan fingerprint density at radius 1 is 1.00 bits per heavy atom. The second-order valence-corrected chi connectivity index (χ2v) is 5.98. The summed E-state index contributed by atoms with van der Waals surface area (Å²) in [6.45, 7) is 0. The van der Waals surface area contributed by atoms with Crippen LogP contribution in [0.5, 0.6) is 0 Å². The van der Waals surface area contributed by atoms with Gasteiger partial charge in [0.1, 0.15) is 0 Å². The number of hydrogen-bond donors (Lipinski definition) is 4. The van der Waals surface area contributed by atoms with E-state index in [1.165, 1.54) is 43.5 Å². The molecular weight excluding hydrogens is 252 g/mol. The van der Waals surface area contributed by atoms with Crippen molar-refractivity contribution in [1.29, 1.82) is 5.41 Å². The van der Waals surface area contributed by atoms with Gasteiger partial charge in [-0.1, -0.05) is 38.5 Å². The van der Waals surface area contributed by atoms with E-state index in [0.29, 0.717) is 18.0 Å². The fourth-order valence-electron chi connectivity index (χ4n) is 3.10. The van der Waals surface area contributed by atoms with Gasteiger partial charge in [-0.25, -0.2) is 15.8 Å². The summed E-state index contributed by atoms with van der Waals surface area (Å²) in [5.74, 6) is 6.30. The minimum absolute atomic E-state index is 0.164. The predicted molar refractivity (Wildman–Crippen MR) is 82.3 cm³/mol. The van der Waals surface area contributed by atoms with Crippen LogP contribution < -0.4 is 16.9 Å². The summed E-state index contributed by atoms with van der Waals surface area (Å²) in [5.41, 5.74) is 5.51.